The fraction of sp³-hybridized carbons (Fsp3) is 0.286. The van der Waals surface area contributed by atoms with E-state index in [1.807, 2.05) is 33.9 Å². The first-order chi connectivity index (χ1) is 13.6. The predicted molar refractivity (Wildman–Crippen MR) is 113 cm³/mol. The lowest BCUT2D eigenvalue weighted by Crippen LogP contribution is -2.36. The van der Waals surface area contributed by atoms with E-state index in [1.54, 1.807) is 6.07 Å². The Morgan fingerprint density at radius 1 is 1.21 bits per heavy atom. The Bertz CT molecular complexity index is 1050. The zero-order valence-electron chi connectivity index (χ0n) is 15.3. The smallest absolute Gasteiger partial charge is 0.267 e. The van der Waals surface area contributed by atoms with E-state index in [-0.39, 0.29) is 23.8 Å². The Balaban J connectivity index is 1.37. The van der Waals surface area contributed by atoms with Crippen LogP contribution in [0.25, 0.3) is 11.3 Å². The molecule has 1 N–H and O–H groups in total. The average molecular weight is 410 g/mol. The van der Waals surface area contributed by atoms with E-state index in [4.69, 9.17) is 0 Å². The van der Waals surface area contributed by atoms with Crippen LogP contribution in [0.4, 0.5) is 10.8 Å². The lowest BCUT2D eigenvalue weighted by molar-refractivity contribution is -0.120. The molecule has 5 rings (SSSR count). The molecule has 1 saturated carbocycles. The molecule has 0 spiro atoms. The minimum atomic E-state index is -0.132. The molecule has 0 saturated heterocycles. The van der Waals surface area contributed by atoms with Gasteiger partial charge in [0, 0.05) is 28.6 Å². The molecule has 1 aliphatic carbocycles. The number of carbonyl (C=O) groups is 2. The number of nitrogens with one attached hydrogen (secondary N) is 1. The van der Waals surface area contributed by atoms with Gasteiger partial charge in [-0.2, -0.15) is 0 Å². The molecule has 2 aromatic heterocycles. The summed E-state index contributed by atoms with van der Waals surface area (Å²) >= 11 is 2.83. The first-order valence-corrected chi connectivity index (χ1v) is 11.1. The van der Waals surface area contributed by atoms with Crippen LogP contribution in [-0.2, 0) is 11.2 Å². The zero-order chi connectivity index (χ0) is 19.3. The van der Waals surface area contributed by atoms with Crippen LogP contribution in [-0.4, -0.2) is 22.8 Å². The lowest BCUT2D eigenvalue weighted by atomic mass is 10.1. The van der Waals surface area contributed by atoms with Gasteiger partial charge in [-0.1, -0.05) is 12.1 Å². The third kappa shape index (κ3) is 3.14. The molecule has 1 fully saturated rings. The van der Waals surface area contributed by atoms with Crippen molar-refractivity contribution < 1.29 is 9.59 Å². The summed E-state index contributed by atoms with van der Waals surface area (Å²) in [5.41, 5.74) is 4.08. The summed E-state index contributed by atoms with van der Waals surface area (Å²) in [6.07, 6.45) is 2.91. The molecule has 2 aliphatic rings. The van der Waals surface area contributed by atoms with Crippen molar-refractivity contribution in [3.05, 3.63) is 51.5 Å². The second kappa shape index (κ2) is 6.83. The molecule has 1 unspecified atom stereocenters. The van der Waals surface area contributed by atoms with Crippen molar-refractivity contribution in [2.24, 2.45) is 5.92 Å². The molecule has 2 amide bonds. The number of amides is 2. The van der Waals surface area contributed by atoms with Gasteiger partial charge in [-0.3, -0.25) is 14.9 Å². The quantitative estimate of drug-likeness (QED) is 0.672. The molecule has 5 nitrogen and oxygen atoms in total. The molecule has 1 aromatic carbocycles. The highest BCUT2D eigenvalue weighted by molar-refractivity contribution is 7.14. The molecular formula is C21H19N3O2S2. The molecule has 0 bridgehead atoms. The van der Waals surface area contributed by atoms with Gasteiger partial charge < -0.3 is 4.90 Å². The number of thiazole rings is 1. The lowest BCUT2D eigenvalue weighted by Gasteiger charge is -2.22. The SMILES string of the molecule is CC1Cc2cc(-c3csc(NC(=O)c4cccs4)n3)ccc2N1C(=O)C1CC1. The van der Waals surface area contributed by atoms with Crippen LogP contribution < -0.4 is 10.2 Å². The van der Waals surface area contributed by atoms with Gasteiger partial charge in [0.2, 0.25) is 5.91 Å². The number of nitrogens with zero attached hydrogens (tertiary/aromatic N) is 2. The number of fused-ring (bicyclic) bond motifs is 1. The zero-order valence-corrected chi connectivity index (χ0v) is 17.0. The Morgan fingerprint density at radius 3 is 2.82 bits per heavy atom. The number of carbonyl (C=O) groups excluding carboxylic acids is 2. The van der Waals surface area contributed by atoms with Gasteiger partial charge in [-0.25, -0.2) is 4.98 Å². The fourth-order valence-corrected chi connectivity index (χ4v) is 5.02. The van der Waals surface area contributed by atoms with Crippen molar-refractivity contribution in [1.29, 1.82) is 0 Å². The highest BCUT2D eigenvalue weighted by Crippen LogP contribution is 2.40. The minimum absolute atomic E-state index is 0.132. The summed E-state index contributed by atoms with van der Waals surface area (Å²) in [4.78, 5) is 32.0. The van der Waals surface area contributed by atoms with Crippen molar-refractivity contribution in [1.82, 2.24) is 4.98 Å². The highest BCUT2D eigenvalue weighted by atomic mass is 32.1. The number of aromatic nitrogens is 1. The molecular weight excluding hydrogens is 390 g/mol. The Morgan fingerprint density at radius 2 is 2.07 bits per heavy atom. The second-order valence-electron chi connectivity index (χ2n) is 7.35. The van der Waals surface area contributed by atoms with Crippen LogP contribution in [0.15, 0.2) is 41.1 Å². The van der Waals surface area contributed by atoms with Crippen LogP contribution in [0.1, 0.15) is 35.0 Å². The number of hydrogen-bond donors (Lipinski definition) is 1. The summed E-state index contributed by atoms with van der Waals surface area (Å²) in [7, 11) is 0. The summed E-state index contributed by atoms with van der Waals surface area (Å²) in [5, 5.41) is 7.29. The van der Waals surface area contributed by atoms with Crippen molar-refractivity contribution in [2.75, 3.05) is 10.2 Å². The normalized spacial score (nSPS) is 18.2. The molecule has 3 heterocycles. The van der Waals surface area contributed by atoms with E-state index in [1.165, 1.54) is 28.2 Å². The van der Waals surface area contributed by atoms with Crippen LogP contribution in [0.5, 0.6) is 0 Å². The van der Waals surface area contributed by atoms with Gasteiger partial charge in [-0.15, -0.1) is 22.7 Å². The van der Waals surface area contributed by atoms with Gasteiger partial charge in [0.1, 0.15) is 0 Å². The maximum Gasteiger partial charge on any atom is 0.267 e. The van der Waals surface area contributed by atoms with Crippen LogP contribution in [0.3, 0.4) is 0 Å². The molecule has 1 atom stereocenters. The van der Waals surface area contributed by atoms with Crippen molar-refractivity contribution in [2.45, 2.75) is 32.2 Å². The van der Waals surface area contributed by atoms with Crippen molar-refractivity contribution in [3.63, 3.8) is 0 Å². The van der Waals surface area contributed by atoms with E-state index < -0.39 is 0 Å². The van der Waals surface area contributed by atoms with Crippen molar-refractivity contribution in [3.8, 4) is 11.3 Å². The van der Waals surface area contributed by atoms with E-state index in [9.17, 15) is 9.59 Å². The van der Waals surface area contributed by atoms with Gasteiger partial charge in [0.25, 0.3) is 5.91 Å². The van der Waals surface area contributed by atoms with Gasteiger partial charge in [-0.05, 0) is 55.3 Å². The summed E-state index contributed by atoms with van der Waals surface area (Å²) < 4.78 is 0. The number of thiophene rings is 1. The van der Waals surface area contributed by atoms with Gasteiger partial charge in [0.05, 0.1) is 10.6 Å². The van der Waals surface area contributed by atoms with Crippen LogP contribution in [0, 0.1) is 5.92 Å². The predicted octanol–water partition coefficient (Wildman–Crippen LogP) is 4.81. The third-order valence-corrected chi connectivity index (χ3v) is 6.85. The molecule has 3 aromatic rings. The first-order valence-electron chi connectivity index (χ1n) is 9.37. The molecule has 1 aliphatic heterocycles. The topological polar surface area (TPSA) is 62.3 Å². The summed E-state index contributed by atoms with van der Waals surface area (Å²) in [5.74, 6) is 0.361. The number of rotatable bonds is 4. The molecule has 142 valence electrons. The van der Waals surface area contributed by atoms with E-state index in [2.05, 4.69) is 23.3 Å². The maximum atomic E-state index is 12.6. The van der Waals surface area contributed by atoms with Crippen molar-refractivity contribution >= 4 is 45.3 Å². The standard InChI is InChI=1S/C21H19N3O2S2/c1-12-9-15-10-14(6-7-17(15)24(12)20(26)13-4-5-13)16-11-28-21(22-16)23-19(25)18-3-2-8-27-18/h2-3,6-8,10-13H,4-5,9H2,1H3,(H,22,23,25). The van der Waals surface area contributed by atoms with Crippen LogP contribution >= 0.6 is 22.7 Å². The van der Waals surface area contributed by atoms with Gasteiger partial charge >= 0.3 is 0 Å². The Labute approximate surface area is 171 Å². The molecule has 7 heteroatoms. The van der Waals surface area contributed by atoms with E-state index >= 15 is 0 Å². The largest absolute Gasteiger partial charge is 0.309 e. The molecule has 28 heavy (non-hydrogen) atoms. The molecule has 0 radical (unpaired) electrons. The number of anilines is 2. The summed E-state index contributed by atoms with van der Waals surface area (Å²) in [6.45, 7) is 2.11. The van der Waals surface area contributed by atoms with E-state index in [0.717, 1.165) is 36.2 Å². The fourth-order valence-electron chi connectivity index (χ4n) is 3.68. The monoisotopic (exact) mass is 409 g/mol. The minimum Gasteiger partial charge on any atom is -0.309 e. The van der Waals surface area contributed by atoms with Crippen LogP contribution in [0.2, 0.25) is 0 Å². The second-order valence-corrected chi connectivity index (χ2v) is 9.15. The number of hydrogen-bond acceptors (Lipinski definition) is 5. The number of benzene rings is 1. The van der Waals surface area contributed by atoms with Gasteiger partial charge in [0.15, 0.2) is 5.13 Å². The summed E-state index contributed by atoms with van der Waals surface area (Å²) in [6, 6.07) is 10.0. The van der Waals surface area contributed by atoms with E-state index in [0.29, 0.717) is 10.0 Å². The highest BCUT2D eigenvalue weighted by Gasteiger charge is 2.39. The average Bonchev–Trinajstić information content (AvgIpc) is 3.07. The maximum absolute atomic E-state index is 12.6. The Kier molecular flexibility index (Phi) is 4.29. The first kappa shape index (κ1) is 17.6. The third-order valence-electron chi connectivity index (χ3n) is 5.22. The Hall–Kier alpha value is -2.51.